The lowest BCUT2D eigenvalue weighted by molar-refractivity contribution is 0.617. The second-order valence-corrected chi connectivity index (χ2v) is 4.35. The lowest BCUT2D eigenvalue weighted by Gasteiger charge is -1.96. The standard InChI is InChI=1S/C12H11N3OS/c1-7-8-5-3-4-6-9(8)16-10(7)11-13-14-12(17)15(11)2/h3-6H,1-2H3,(H,14,17). The quantitative estimate of drug-likeness (QED) is 0.670. The number of nitrogens with one attached hydrogen (secondary N) is 1. The minimum absolute atomic E-state index is 0.583. The second kappa shape index (κ2) is 3.56. The summed E-state index contributed by atoms with van der Waals surface area (Å²) in [6, 6.07) is 7.95. The number of aromatic nitrogens is 3. The van der Waals surface area contributed by atoms with Crippen molar-refractivity contribution < 1.29 is 4.42 Å². The fourth-order valence-electron chi connectivity index (χ4n) is 1.94. The van der Waals surface area contributed by atoms with Crippen LogP contribution in [0.5, 0.6) is 0 Å². The molecule has 5 heteroatoms. The van der Waals surface area contributed by atoms with E-state index in [-0.39, 0.29) is 0 Å². The Hall–Kier alpha value is -1.88. The van der Waals surface area contributed by atoms with Gasteiger partial charge in [0.05, 0.1) is 0 Å². The Bertz CT molecular complexity index is 751. The molecule has 0 amide bonds. The molecular weight excluding hydrogens is 234 g/mol. The Kier molecular flexibility index (Phi) is 2.16. The Balaban J connectivity index is 2.35. The van der Waals surface area contributed by atoms with E-state index in [1.165, 1.54) is 0 Å². The molecule has 1 N–H and O–H groups in total. The number of furan rings is 1. The molecule has 17 heavy (non-hydrogen) atoms. The monoisotopic (exact) mass is 245 g/mol. The molecule has 86 valence electrons. The van der Waals surface area contributed by atoms with Gasteiger partial charge in [-0.05, 0) is 25.2 Å². The summed E-state index contributed by atoms with van der Waals surface area (Å²) >= 11 is 5.10. The van der Waals surface area contributed by atoms with E-state index in [0.717, 1.165) is 28.1 Å². The first-order chi connectivity index (χ1) is 8.18. The van der Waals surface area contributed by atoms with E-state index in [1.807, 2.05) is 38.2 Å². The van der Waals surface area contributed by atoms with E-state index in [9.17, 15) is 0 Å². The average molecular weight is 245 g/mol. The first-order valence-corrected chi connectivity index (χ1v) is 5.69. The maximum atomic E-state index is 5.83. The molecule has 2 heterocycles. The zero-order chi connectivity index (χ0) is 12.0. The lowest BCUT2D eigenvalue weighted by Crippen LogP contribution is -1.92. The van der Waals surface area contributed by atoms with E-state index < -0.39 is 0 Å². The van der Waals surface area contributed by atoms with Gasteiger partial charge >= 0.3 is 0 Å². The SMILES string of the molecule is Cc1c(-c2n[nH]c(=S)n2C)oc2ccccc12. The first kappa shape index (κ1) is 10.3. The number of fused-ring (bicyclic) bond motifs is 1. The summed E-state index contributed by atoms with van der Waals surface area (Å²) in [6.45, 7) is 2.03. The molecule has 4 nitrogen and oxygen atoms in total. The van der Waals surface area contributed by atoms with Gasteiger partial charge in [-0.25, -0.2) is 0 Å². The zero-order valence-corrected chi connectivity index (χ0v) is 10.3. The summed E-state index contributed by atoms with van der Waals surface area (Å²) in [5.41, 5.74) is 1.95. The van der Waals surface area contributed by atoms with E-state index in [0.29, 0.717) is 4.77 Å². The van der Waals surface area contributed by atoms with Gasteiger partial charge in [0.1, 0.15) is 5.58 Å². The highest BCUT2D eigenvalue weighted by molar-refractivity contribution is 7.71. The first-order valence-electron chi connectivity index (χ1n) is 5.28. The van der Waals surface area contributed by atoms with Crippen LogP contribution in [0.25, 0.3) is 22.6 Å². The predicted molar refractivity (Wildman–Crippen MR) is 68.3 cm³/mol. The van der Waals surface area contributed by atoms with Crippen LogP contribution in [-0.4, -0.2) is 14.8 Å². The molecule has 0 aliphatic rings. The number of aryl methyl sites for hydroxylation is 1. The number of H-pyrrole nitrogens is 1. The van der Waals surface area contributed by atoms with Gasteiger partial charge in [0.25, 0.3) is 0 Å². The molecule has 0 spiro atoms. The summed E-state index contributed by atoms with van der Waals surface area (Å²) in [7, 11) is 1.87. The third kappa shape index (κ3) is 1.43. The van der Waals surface area contributed by atoms with Crippen molar-refractivity contribution in [1.82, 2.24) is 14.8 Å². The minimum Gasteiger partial charge on any atom is -0.452 e. The second-order valence-electron chi connectivity index (χ2n) is 3.96. The smallest absolute Gasteiger partial charge is 0.198 e. The number of nitrogens with zero attached hydrogens (tertiary/aromatic N) is 2. The van der Waals surface area contributed by atoms with Gasteiger partial charge in [0.15, 0.2) is 16.4 Å². The molecule has 0 atom stereocenters. The molecule has 2 aromatic heterocycles. The highest BCUT2D eigenvalue weighted by Crippen LogP contribution is 2.31. The van der Waals surface area contributed by atoms with E-state index in [2.05, 4.69) is 10.2 Å². The largest absolute Gasteiger partial charge is 0.452 e. The minimum atomic E-state index is 0.583. The van der Waals surface area contributed by atoms with Crippen LogP contribution in [0, 0.1) is 11.7 Å². The molecule has 0 saturated heterocycles. The normalized spacial score (nSPS) is 11.2. The summed E-state index contributed by atoms with van der Waals surface area (Å²) in [4.78, 5) is 0. The van der Waals surface area contributed by atoms with E-state index in [4.69, 9.17) is 16.6 Å². The summed E-state index contributed by atoms with van der Waals surface area (Å²) in [5, 5.41) is 8.06. The van der Waals surface area contributed by atoms with Crippen LogP contribution in [0.15, 0.2) is 28.7 Å². The number of hydrogen-bond acceptors (Lipinski definition) is 3. The van der Waals surface area contributed by atoms with E-state index in [1.54, 1.807) is 4.57 Å². The number of rotatable bonds is 1. The number of benzene rings is 1. The number of para-hydroxylation sites is 1. The summed E-state index contributed by atoms with van der Waals surface area (Å²) in [6.07, 6.45) is 0. The van der Waals surface area contributed by atoms with Gasteiger partial charge in [-0.1, -0.05) is 18.2 Å². The van der Waals surface area contributed by atoms with Gasteiger partial charge in [-0.15, -0.1) is 0 Å². The molecule has 1 aromatic carbocycles. The summed E-state index contributed by atoms with van der Waals surface area (Å²) in [5.74, 6) is 1.49. The molecule has 0 aliphatic carbocycles. The topological polar surface area (TPSA) is 46.8 Å². The molecule has 0 saturated carbocycles. The Morgan fingerprint density at radius 3 is 2.76 bits per heavy atom. The fourth-order valence-corrected chi connectivity index (χ4v) is 2.07. The van der Waals surface area contributed by atoms with Gasteiger partial charge in [-0.2, -0.15) is 5.10 Å². The number of hydrogen-bond donors (Lipinski definition) is 1. The fraction of sp³-hybridized carbons (Fsp3) is 0.167. The van der Waals surface area contributed by atoms with Crippen LogP contribution in [-0.2, 0) is 7.05 Å². The third-order valence-corrected chi connectivity index (χ3v) is 3.29. The summed E-state index contributed by atoms with van der Waals surface area (Å²) < 4.78 is 8.22. The van der Waals surface area contributed by atoms with Crippen molar-refractivity contribution in [1.29, 1.82) is 0 Å². The molecule has 3 rings (SSSR count). The lowest BCUT2D eigenvalue weighted by atomic mass is 10.1. The molecule has 0 fully saturated rings. The molecule has 0 radical (unpaired) electrons. The van der Waals surface area contributed by atoms with Gasteiger partial charge in [0, 0.05) is 18.0 Å². The maximum absolute atomic E-state index is 5.83. The van der Waals surface area contributed by atoms with E-state index >= 15 is 0 Å². The van der Waals surface area contributed by atoms with Crippen molar-refractivity contribution in [3.05, 3.63) is 34.6 Å². The number of aromatic amines is 1. The van der Waals surface area contributed by atoms with Crippen LogP contribution >= 0.6 is 12.2 Å². The molecule has 0 aliphatic heterocycles. The Morgan fingerprint density at radius 1 is 1.35 bits per heavy atom. The zero-order valence-electron chi connectivity index (χ0n) is 9.52. The van der Waals surface area contributed by atoms with Gasteiger partial charge < -0.3 is 8.98 Å². The maximum Gasteiger partial charge on any atom is 0.198 e. The predicted octanol–water partition coefficient (Wildman–Crippen LogP) is 3.20. The van der Waals surface area contributed by atoms with Gasteiger partial charge in [0.2, 0.25) is 0 Å². The Labute approximate surface area is 103 Å². The van der Waals surface area contributed by atoms with Crippen LogP contribution in [0.2, 0.25) is 0 Å². The van der Waals surface area contributed by atoms with Crippen LogP contribution < -0.4 is 0 Å². The molecule has 0 bridgehead atoms. The van der Waals surface area contributed by atoms with Crippen molar-refractivity contribution in [2.24, 2.45) is 7.05 Å². The highest BCUT2D eigenvalue weighted by Gasteiger charge is 2.16. The van der Waals surface area contributed by atoms with Crippen molar-refractivity contribution in [2.75, 3.05) is 0 Å². The van der Waals surface area contributed by atoms with Crippen molar-refractivity contribution in [3.63, 3.8) is 0 Å². The van der Waals surface area contributed by atoms with Crippen molar-refractivity contribution >= 4 is 23.2 Å². The van der Waals surface area contributed by atoms with Crippen LogP contribution in [0.3, 0.4) is 0 Å². The molecule has 3 aromatic rings. The van der Waals surface area contributed by atoms with Crippen molar-refractivity contribution in [2.45, 2.75) is 6.92 Å². The highest BCUT2D eigenvalue weighted by atomic mass is 32.1. The van der Waals surface area contributed by atoms with Crippen LogP contribution in [0.4, 0.5) is 0 Å². The van der Waals surface area contributed by atoms with Crippen LogP contribution in [0.1, 0.15) is 5.56 Å². The molecular formula is C12H11N3OS. The van der Waals surface area contributed by atoms with Crippen molar-refractivity contribution in [3.8, 4) is 11.6 Å². The van der Waals surface area contributed by atoms with Gasteiger partial charge in [-0.3, -0.25) is 5.10 Å². The molecule has 0 unspecified atom stereocenters. The average Bonchev–Trinajstić information content (AvgIpc) is 2.83. The third-order valence-electron chi connectivity index (χ3n) is 2.93. The Morgan fingerprint density at radius 2 is 2.12 bits per heavy atom.